The van der Waals surface area contributed by atoms with Crippen LogP contribution in [0.3, 0.4) is 0 Å². The minimum atomic E-state index is -0.652. The molecule has 1 aromatic heterocycles. The van der Waals surface area contributed by atoms with Crippen LogP contribution in [0, 0.1) is 11.3 Å². The second kappa shape index (κ2) is 9.53. The number of methoxy groups -OCH3 is 1. The summed E-state index contributed by atoms with van der Waals surface area (Å²) in [6, 6.07) is 15.2. The summed E-state index contributed by atoms with van der Waals surface area (Å²) in [6.07, 6.45) is 0.687. The zero-order chi connectivity index (χ0) is 24.3. The molecule has 34 heavy (non-hydrogen) atoms. The highest BCUT2D eigenvalue weighted by atomic mass is 32.1. The van der Waals surface area contributed by atoms with E-state index in [1.807, 2.05) is 49.7 Å². The van der Waals surface area contributed by atoms with Crippen LogP contribution in [0.15, 0.2) is 47.8 Å². The standard InChI is InChI=1S/C25H25N5O3S/c1-25(15-26)9-10-30(2)21-8-7-17(12-19(21)25)23(32)27-13-22(31)29-24-28-20(14-34-24)16-5-4-6-18(11-16)33-3/h4-8,11-12,14H,9-10,13H2,1-3H3,(H,27,32)(H,28,29,31). The van der Waals surface area contributed by atoms with Crippen LogP contribution in [-0.4, -0.2) is 44.0 Å². The third-order valence-electron chi connectivity index (χ3n) is 5.98. The van der Waals surface area contributed by atoms with Gasteiger partial charge in [-0.15, -0.1) is 11.3 Å². The van der Waals surface area contributed by atoms with Gasteiger partial charge in [0, 0.05) is 35.8 Å². The molecule has 9 heteroatoms. The highest BCUT2D eigenvalue weighted by Crippen LogP contribution is 2.39. The lowest BCUT2D eigenvalue weighted by atomic mass is 9.76. The van der Waals surface area contributed by atoms with Crippen molar-refractivity contribution in [1.82, 2.24) is 10.3 Å². The molecule has 1 unspecified atom stereocenters. The molecule has 2 heterocycles. The fourth-order valence-corrected chi connectivity index (χ4v) is 4.62. The van der Waals surface area contributed by atoms with Crippen molar-refractivity contribution in [2.75, 3.05) is 37.5 Å². The number of rotatable bonds is 6. The molecule has 0 spiro atoms. The first-order valence-electron chi connectivity index (χ1n) is 10.8. The molecule has 2 N–H and O–H groups in total. The van der Waals surface area contributed by atoms with Crippen molar-refractivity contribution >= 4 is 34.0 Å². The van der Waals surface area contributed by atoms with Crippen molar-refractivity contribution in [3.05, 3.63) is 59.0 Å². The Hall–Kier alpha value is -3.90. The molecule has 0 fully saturated rings. The Morgan fingerprint density at radius 1 is 1.29 bits per heavy atom. The Bertz CT molecular complexity index is 1280. The number of ether oxygens (including phenoxy) is 1. The Morgan fingerprint density at radius 2 is 2.12 bits per heavy atom. The number of anilines is 2. The van der Waals surface area contributed by atoms with Crippen LogP contribution in [0.4, 0.5) is 10.8 Å². The van der Waals surface area contributed by atoms with Crippen LogP contribution in [-0.2, 0) is 10.2 Å². The zero-order valence-corrected chi connectivity index (χ0v) is 20.0. The van der Waals surface area contributed by atoms with Gasteiger partial charge >= 0.3 is 0 Å². The first-order chi connectivity index (χ1) is 16.3. The Morgan fingerprint density at radius 3 is 2.88 bits per heavy atom. The van der Waals surface area contributed by atoms with Crippen molar-refractivity contribution in [2.24, 2.45) is 0 Å². The highest BCUT2D eigenvalue weighted by Gasteiger charge is 2.34. The summed E-state index contributed by atoms with van der Waals surface area (Å²) in [5.74, 6) is -0.0233. The molecule has 0 bridgehead atoms. The highest BCUT2D eigenvalue weighted by molar-refractivity contribution is 7.14. The van der Waals surface area contributed by atoms with Crippen LogP contribution < -0.4 is 20.3 Å². The lowest BCUT2D eigenvalue weighted by molar-refractivity contribution is -0.115. The summed E-state index contributed by atoms with van der Waals surface area (Å²) in [5.41, 5.74) is 3.14. The number of amides is 2. The van der Waals surface area contributed by atoms with E-state index in [1.54, 1.807) is 19.2 Å². The van der Waals surface area contributed by atoms with Gasteiger partial charge < -0.3 is 20.3 Å². The van der Waals surface area contributed by atoms with E-state index in [1.165, 1.54) is 11.3 Å². The van der Waals surface area contributed by atoms with E-state index in [0.717, 1.165) is 34.8 Å². The normalized spacial score (nSPS) is 16.8. The van der Waals surface area contributed by atoms with Gasteiger partial charge in [-0.1, -0.05) is 12.1 Å². The molecule has 174 valence electrons. The Balaban J connectivity index is 1.39. The van der Waals surface area contributed by atoms with Gasteiger partial charge in [0.2, 0.25) is 5.91 Å². The first-order valence-corrected chi connectivity index (χ1v) is 11.7. The average Bonchev–Trinajstić information content (AvgIpc) is 3.33. The third kappa shape index (κ3) is 4.72. The second-order valence-corrected chi connectivity index (χ2v) is 9.21. The van der Waals surface area contributed by atoms with E-state index in [0.29, 0.717) is 17.1 Å². The number of fused-ring (bicyclic) bond motifs is 1. The summed E-state index contributed by atoms with van der Waals surface area (Å²) in [4.78, 5) is 31.6. The number of hydrogen-bond acceptors (Lipinski definition) is 7. The molecule has 1 aliphatic rings. The molecule has 0 saturated carbocycles. The van der Waals surface area contributed by atoms with Gasteiger partial charge in [-0.2, -0.15) is 5.26 Å². The van der Waals surface area contributed by atoms with Crippen molar-refractivity contribution < 1.29 is 14.3 Å². The van der Waals surface area contributed by atoms with E-state index < -0.39 is 5.41 Å². The molecule has 8 nitrogen and oxygen atoms in total. The molecule has 4 rings (SSSR count). The summed E-state index contributed by atoms with van der Waals surface area (Å²) in [7, 11) is 3.57. The minimum absolute atomic E-state index is 0.195. The van der Waals surface area contributed by atoms with Crippen LogP contribution in [0.5, 0.6) is 5.75 Å². The largest absolute Gasteiger partial charge is 0.497 e. The van der Waals surface area contributed by atoms with Gasteiger partial charge in [-0.25, -0.2) is 4.98 Å². The van der Waals surface area contributed by atoms with Crippen LogP contribution >= 0.6 is 11.3 Å². The van der Waals surface area contributed by atoms with Gasteiger partial charge in [-0.3, -0.25) is 9.59 Å². The fraction of sp³-hybridized carbons (Fsp3) is 0.280. The third-order valence-corrected chi connectivity index (χ3v) is 6.74. The molecule has 1 atom stereocenters. The number of thiazole rings is 1. The van der Waals surface area contributed by atoms with E-state index in [2.05, 4.69) is 26.6 Å². The second-order valence-electron chi connectivity index (χ2n) is 8.35. The molecule has 2 amide bonds. The number of carbonyl (C=O) groups excluding carboxylic acids is 2. The fourth-order valence-electron chi connectivity index (χ4n) is 3.89. The predicted molar refractivity (Wildman–Crippen MR) is 132 cm³/mol. The molecular formula is C25H25N5O3S. The van der Waals surface area contributed by atoms with Crippen molar-refractivity contribution in [3.63, 3.8) is 0 Å². The van der Waals surface area contributed by atoms with Crippen LogP contribution in [0.1, 0.15) is 29.3 Å². The van der Waals surface area contributed by atoms with Crippen molar-refractivity contribution in [1.29, 1.82) is 5.26 Å². The van der Waals surface area contributed by atoms with Gasteiger partial charge in [0.1, 0.15) is 5.75 Å². The van der Waals surface area contributed by atoms with Gasteiger partial charge in [-0.05, 0) is 49.2 Å². The number of aromatic nitrogens is 1. The zero-order valence-electron chi connectivity index (χ0n) is 19.2. The van der Waals surface area contributed by atoms with E-state index in [9.17, 15) is 14.9 Å². The average molecular weight is 476 g/mol. The molecule has 2 aromatic carbocycles. The lowest BCUT2D eigenvalue weighted by Crippen LogP contribution is -2.37. The van der Waals surface area contributed by atoms with Crippen LogP contribution in [0.25, 0.3) is 11.3 Å². The molecular weight excluding hydrogens is 450 g/mol. The molecule has 0 saturated heterocycles. The maximum absolute atomic E-state index is 12.7. The maximum Gasteiger partial charge on any atom is 0.251 e. The molecule has 3 aromatic rings. The number of nitrogens with one attached hydrogen (secondary N) is 2. The quantitative estimate of drug-likeness (QED) is 0.561. The van der Waals surface area contributed by atoms with Gasteiger partial charge in [0.05, 0.1) is 30.8 Å². The van der Waals surface area contributed by atoms with Crippen molar-refractivity contribution in [3.8, 4) is 23.1 Å². The smallest absolute Gasteiger partial charge is 0.251 e. The summed E-state index contributed by atoms with van der Waals surface area (Å²) in [5, 5.41) is 17.4. The van der Waals surface area contributed by atoms with E-state index in [-0.39, 0.29) is 18.4 Å². The Labute approximate surface area is 202 Å². The van der Waals surface area contributed by atoms with Gasteiger partial charge in [0.15, 0.2) is 5.13 Å². The number of benzene rings is 2. The Kier molecular flexibility index (Phi) is 6.52. The maximum atomic E-state index is 12.7. The minimum Gasteiger partial charge on any atom is -0.497 e. The summed E-state index contributed by atoms with van der Waals surface area (Å²) >= 11 is 1.30. The number of nitriles is 1. The van der Waals surface area contributed by atoms with Gasteiger partial charge in [0.25, 0.3) is 5.91 Å². The van der Waals surface area contributed by atoms with E-state index in [4.69, 9.17) is 4.74 Å². The monoisotopic (exact) mass is 475 g/mol. The first kappa shape index (κ1) is 23.3. The molecule has 1 aliphatic heterocycles. The predicted octanol–water partition coefficient (Wildman–Crippen LogP) is 3.81. The topological polar surface area (TPSA) is 107 Å². The summed E-state index contributed by atoms with van der Waals surface area (Å²) < 4.78 is 5.24. The molecule has 0 aliphatic carbocycles. The SMILES string of the molecule is COc1cccc(-c2csc(NC(=O)CNC(=O)c3ccc4c(c3)C(C)(C#N)CCN4C)n2)c1. The number of hydrogen-bond donors (Lipinski definition) is 2. The lowest BCUT2D eigenvalue weighted by Gasteiger charge is -2.36. The number of nitrogens with zero attached hydrogens (tertiary/aromatic N) is 3. The summed E-state index contributed by atoms with van der Waals surface area (Å²) in [6.45, 7) is 2.47. The number of carbonyl (C=O) groups is 2. The van der Waals surface area contributed by atoms with E-state index >= 15 is 0 Å². The van der Waals surface area contributed by atoms with Crippen LogP contribution in [0.2, 0.25) is 0 Å². The molecule has 0 radical (unpaired) electrons. The van der Waals surface area contributed by atoms with Crippen molar-refractivity contribution in [2.45, 2.75) is 18.8 Å².